The number of amides is 1. The van der Waals surface area contributed by atoms with Crippen LogP contribution in [0, 0.1) is 5.41 Å². The first-order valence-electron chi connectivity index (χ1n) is 10.9. The van der Waals surface area contributed by atoms with Crippen LogP contribution in [0.1, 0.15) is 24.8 Å². The molecule has 2 aliphatic heterocycles. The lowest BCUT2D eigenvalue weighted by molar-refractivity contribution is -0.157. The van der Waals surface area contributed by atoms with E-state index in [1.165, 1.54) is 6.26 Å². The Morgan fingerprint density at radius 3 is 2.45 bits per heavy atom. The third-order valence-electron chi connectivity index (χ3n) is 6.90. The highest BCUT2D eigenvalue weighted by Crippen LogP contribution is 2.55. The van der Waals surface area contributed by atoms with Crippen LogP contribution in [0.25, 0.3) is 11.1 Å². The second kappa shape index (κ2) is 7.73. The van der Waals surface area contributed by atoms with Crippen molar-refractivity contribution in [2.24, 2.45) is 5.41 Å². The summed E-state index contributed by atoms with van der Waals surface area (Å²) in [5, 5.41) is 0. The Bertz CT molecular complexity index is 1080. The molecule has 1 aliphatic carbocycles. The number of carbonyl (C=O) groups excluding carboxylic acids is 1. The molecule has 3 aliphatic rings. The van der Waals surface area contributed by atoms with Gasteiger partial charge in [0, 0.05) is 24.4 Å². The van der Waals surface area contributed by atoms with E-state index >= 15 is 0 Å². The molecule has 0 radical (unpaired) electrons. The summed E-state index contributed by atoms with van der Waals surface area (Å²) in [4.78, 5) is 15.1. The summed E-state index contributed by atoms with van der Waals surface area (Å²) in [5.74, 6) is -0.000426. The zero-order valence-corrected chi connectivity index (χ0v) is 18.5. The number of ether oxygens (including phenoxy) is 1. The first-order chi connectivity index (χ1) is 14.8. The monoisotopic (exact) mass is 440 g/mol. The van der Waals surface area contributed by atoms with Crippen molar-refractivity contribution in [2.45, 2.75) is 43.9 Å². The molecular formula is C24H28N2O4S. The fourth-order valence-corrected chi connectivity index (χ4v) is 5.91. The number of likely N-dealkylation sites (tertiary alicyclic amines) is 1. The Morgan fingerprint density at radius 2 is 1.84 bits per heavy atom. The minimum atomic E-state index is -3.40. The van der Waals surface area contributed by atoms with Crippen LogP contribution in [-0.2, 0) is 26.0 Å². The standard InChI is InChI=1S/C24H28N2O4S/c1-31(28,29)25-22-20(26(16-24(22)11-12-24)23(27)21-10-13-30-21)15-17-6-5-9-19(14-17)18-7-3-2-4-8-18/h2-9,14,20-22,25H,10-13,15-16H2,1H3/t20-,21+,22+/m0/s1. The van der Waals surface area contributed by atoms with E-state index < -0.39 is 10.0 Å². The maximum absolute atomic E-state index is 13.2. The molecule has 2 saturated heterocycles. The third-order valence-corrected chi connectivity index (χ3v) is 7.58. The van der Waals surface area contributed by atoms with Crippen LogP contribution in [0.4, 0.5) is 0 Å². The van der Waals surface area contributed by atoms with Crippen molar-refractivity contribution >= 4 is 15.9 Å². The first-order valence-corrected chi connectivity index (χ1v) is 12.8. The van der Waals surface area contributed by atoms with Crippen LogP contribution in [0.15, 0.2) is 54.6 Å². The molecular weight excluding hydrogens is 412 g/mol. The molecule has 2 aromatic rings. The van der Waals surface area contributed by atoms with Crippen LogP contribution < -0.4 is 4.72 Å². The van der Waals surface area contributed by atoms with Gasteiger partial charge in [-0.2, -0.15) is 0 Å². The molecule has 31 heavy (non-hydrogen) atoms. The fraction of sp³-hybridized carbons (Fsp3) is 0.458. The highest BCUT2D eigenvalue weighted by atomic mass is 32.2. The molecule has 1 amide bonds. The lowest BCUT2D eigenvalue weighted by Gasteiger charge is -2.34. The fourth-order valence-electron chi connectivity index (χ4n) is 5.04. The van der Waals surface area contributed by atoms with Crippen LogP contribution in [-0.4, -0.2) is 56.8 Å². The second-order valence-corrected chi connectivity index (χ2v) is 11.0. The minimum absolute atomic E-state index is 0.000426. The number of benzene rings is 2. The zero-order valence-electron chi connectivity index (χ0n) is 17.7. The minimum Gasteiger partial charge on any atom is -0.368 e. The Kier molecular flexibility index (Phi) is 5.15. The van der Waals surface area contributed by atoms with E-state index in [1.807, 2.05) is 29.2 Å². The number of hydrogen-bond acceptors (Lipinski definition) is 4. The summed E-state index contributed by atoms with van der Waals surface area (Å²) in [6, 6.07) is 18.0. The topological polar surface area (TPSA) is 75.7 Å². The largest absolute Gasteiger partial charge is 0.368 e. The highest BCUT2D eigenvalue weighted by Gasteiger charge is 2.61. The molecule has 0 unspecified atom stereocenters. The first kappa shape index (κ1) is 20.7. The van der Waals surface area contributed by atoms with E-state index in [0.29, 0.717) is 19.6 Å². The van der Waals surface area contributed by atoms with Gasteiger partial charge >= 0.3 is 0 Å². The summed E-state index contributed by atoms with van der Waals surface area (Å²) in [6.45, 7) is 1.21. The molecule has 3 fully saturated rings. The van der Waals surface area contributed by atoms with Gasteiger partial charge in [-0.15, -0.1) is 0 Å². The van der Waals surface area contributed by atoms with Crippen LogP contribution in [0.5, 0.6) is 0 Å². The van der Waals surface area contributed by atoms with Crippen molar-refractivity contribution in [3.63, 3.8) is 0 Å². The van der Waals surface area contributed by atoms with Gasteiger partial charge in [-0.25, -0.2) is 13.1 Å². The van der Waals surface area contributed by atoms with Crippen molar-refractivity contribution < 1.29 is 17.9 Å². The van der Waals surface area contributed by atoms with Crippen molar-refractivity contribution in [2.75, 3.05) is 19.4 Å². The molecule has 5 rings (SSSR count). The average molecular weight is 441 g/mol. The van der Waals surface area contributed by atoms with E-state index in [2.05, 4.69) is 35.1 Å². The van der Waals surface area contributed by atoms with Crippen LogP contribution in [0.3, 0.4) is 0 Å². The smallest absolute Gasteiger partial charge is 0.252 e. The average Bonchev–Trinajstić information content (AvgIpc) is 3.43. The third kappa shape index (κ3) is 4.14. The normalized spacial score (nSPS) is 26.6. The van der Waals surface area contributed by atoms with Gasteiger partial charge in [0.2, 0.25) is 10.0 Å². The molecule has 2 aromatic carbocycles. The molecule has 6 nitrogen and oxygen atoms in total. The number of sulfonamides is 1. The van der Waals surface area contributed by atoms with E-state index in [9.17, 15) is 13.2 Å². The Balaban J connectivity index is 1.46. The number of nitrogens with zero attached hydrogens (tertiary/aromatic N) is 1. The van der Waals surface area contributed by atoms with Crippen molar-refractivity contribution in [1.82, 2.24) is 9.62 Å². The van der Waals surface area contributed by atoms with Gasteiger partial charge in [0.1, 0.15) is 6.10 Å². The number of carbonyl (C=O) groups is 1. The maximum Gasteiger partial charge on any atom is 0.252 e. The van der Waals surface area contributed by atoms with E-state index in [0.717, 1.165) is 36.0 Å². The van der Waals surface area contributed by atoms with Gasteiger partial charge in [-0.3, -0.25) is 4.79 Å². The predicted molar refractivity (Wildman–Crippen MR) is 119 cm³/mol. The van der Waals surface area contributed by atoms with Gasteiger partial charge < -0.3 is 9.64 Å². The summed E-state index contributed by atoms with van der Waals surface area (Å²) < 4.78 is 32.7. The SMILES string of the molecule is CS(=O)(=O)N[C@@H]1[C@H](Cc2cccc(-c3ccccc3)c2)N(C(=O)[C@H]2CCO2)CC12CC2. The molecule has 1 spiro atoms. The molecule has 2 heterocycles. The molecule has 0 aromatic heterocycles. The van der Waals surface area contributed by atoms with Gasteiger partial charge in [0.05, 0.1) is 18.9 Å². The summed E-state index contributed by atoms with van der Waals surface area (Å²) in [7, 11) is -3.40. The van der Waals surface area contributed by atoms with E-state index in [4.69, 9.17) is 4.74 Å². The summed E-state index contributed by atoms with van der Waals surface area (Å²) >= 11 is 0. The second-order valence-electron chi connectivity index (χ2n) is 9.18. The lowest BCUT2D eigenvalue weighted by atomic mass is 9.91. The highest BCUT2D eigenvalue weighted by molar-refractivity contribution is 7.88. The number of rotatable bonds is 6. The molecule has 1 N–H and O–H groups in total. The van der Waals surface area contributed by atoms with E-state index in [1.54, 1.807) is 0 Å². The van der Waals surface area contributed by atoms with Crippen molar-refractivity contribution in [1.29, 1.82) is 0 Å². The van der Waals surface area contributed by atoms with E-state index in [-0.39, 0.29) is 29.5 Å². The van der Waals surface area contributed by atoms with Crippen molar-refractivity contribution in [3.05, 3.63) is 60.2 Å². The van der Waals surface area contributed by atoms with Crippen LogP contribution in [0.2, 0.25) is 0 Å². The number of hydrogen-bond donors (Lipinski definition) is 1. The number of nitrogens with one attached hydrogen (secondary N) is 1. The Hall–Kier alpha value is -2.22. The van der Waals surface area contributed by atoms with Crippen LogP contribution >= 0.6 is 0 Å². The quantitative estimate of drug-likeness (QED) is 0.749. The molecule has 0 bridgehead atoms. The van der Waals surface area contributed by atoms with Gasteiger partial charge in [0.15, 0.2) is 0 Å². The Labute approximate surface area is 183 Å². The predicted octanol–water partition coefficient (Wildman–Crippen LogP) is 2.59. The van der Waals surface area contributed by atoms with Gasteiger partial charge in [-0.1, -0.05) is 54.6 Å². The Morgan fingerprint density at radius 1 is 1.13 bits per heavy atom. The molecule has 164 valence electrons. The zero-order chi connectivity index (χ0) is 21.6. The maximum atomic E-state index is 13.2. The van der Waals surface area contributed by atoms with Crippen molar-refractivity contribution in [3.8, 4) is 11.1 Å². The van der Waals surface area contributed by atoms with Gasteiger partial charge in [-0.05, 0) is 36.0 Å². The van der Waals surface area contributed by atoms with Gasteiger partial charge in [0.25, 0.3) is 5.91 Å². The molecule has 3 atom stereocenters. The molecule has 7 heteroatoms. The summed E-state index contributed by atoms with van der Waals surface area (Å²) in [6.07, 6.45) is 4.05. The molecule has 1 saturated carbocycles. The lowest BCUT2D eigenvalue weighted by Crippen LogP contribution is -2.52. The summed E-state index contributed by atoms with van der Waals surface area (Å²) in [5.41, 5.74) is 3.20.